The summed E-state index contributed by atoms with van der Waals surface area (Å²) in [4.78, 5) is 15.4. The predicted octanol–water partition coefficient (Wildman–Crippen LogP) is 4.86. The second-order valence-corrected chi connectivity index (χ2v) is 7.27. The van der Waals surface area contributed by atoms with Gasteiger partial charge in [-0.05, 0) is 65.2 Å². The van der Waals surface area contributed by atoms with Gasteiger partial charge in [-0.25, -0.2) is 0 Å². The van der Waals surface area contributed by atoms with E-state index in [1.807, 2.05) is 6.92 Å². The molecular weight excluding hydrogens is 278 g/mol. The van der Waals surface area contributed by atoms with Crippen molar-refractivity contribution in [1.82, 2.24) is 4.57 Å². The Morgan fingerprint density at radius 1 is 0.810 bits per heavy atom. The van der Waals surface area contributed by atoms with Crippen molar-refractivity contribution < 1.29 is 0 Å². The lowest BCUT2D eigenvalue weighted by Crippen LogP contribution is -2.20. The molecule has 0 saturated heterocycles. The molecule has 0 radical (unpaired) electrons. The molecule has 1 aromatic heterocycles. The second-order valence-electron chi connectivity index (χ2n) is 6.05. The first-order valence-corrected chi connectivity index (χ1v) is 8.10. The highest BCUT2D eigenvalue weighted by molar-refractivity contribution is 8.03. The number of benzene rings is 1. The van der Waals surface area contributed by atoms with Crippen LogP contribution in [0.25, 0.3) is 16.6 Å². The summed E-state index contributed by atoms with van der Waals surface area (Å²) < 4.78 is 2.28. The zero-order valence-electron chi connectivity index (χ0n) is 13.8. The third-order valence-electron chi connectivity index (χ3n) is 5.06. The lowest BCUT2D eigenvalue weighted by Gasteiger charge is -2.28. The maximum absolute atomic E-state index is 12.8. The van der Waals surface area contributed by atoms with E-state index in [0.717, 1.165) is 27.7 Å². The quantitative estimate of drug-likeness (QED) is 0.693. The van der Waals surface area contributed by atoms with Gasteiger partial charge in [0.2, 0.25) is 0 Å². The smallest absolute Gasteiger partial charge is 0.192 e. The van der Waals surface area contributed by atoms with Crippen LogP contribution < -0.4 is 5.43 Å². The van der Waals surface area contributed by atoms with Crippen LogP contribution in [0, 0.1) is 34.6 Å². The summed E-state index contributed by atoms with van der Waals surface area (Å²) >= 11 is 1.81. The fourth-order valence-electron chi connectivity index (χ4n) is 3.21. The number of pyridine rings is 1. The van der Waals surface area contributed by atoms with Crippen LogP contribution in [0.15, 0.2) is 14.6 Å². The number of hydrogen-bond acceptors (Lipinski definition) is 2. The van der Waals surface area contributed by atoms with Crippen LogP contribution >= 0.6 is 11.8 Å². The highest BCUT2D eigenvalue weighted by Crippen LogP contribution is 2.44. The van der Waals surface area contributed by atoms with Gasteiger partial charge in [-0.15, -0.1) is 0 Å². The Hall–Kier alpha value is -1.48. The zero-order valence-corrected chi connectivity index (χ0v) is 14.6. The summed E-state index contributed by atoms with van der Waals surface area (Å²) in [6.45, 7) is 14.7. The van der Waals surface area contributed by atoms with Crippen LogP contribution in [-0.2, 0) is 0 Å². The maximum atomic E-state index is 12.8. The first kappa shape index (κ1) is 14.5. The van der Waals surface area contributed by atoms with Gasteiger partial charge in [0.15, 0.2) is 5.43 Å². The third-order valence-corrected chi connectivity index (χ3v) is 6.37. The number of aryl methyl sites for hydroxylation is 1. The van der Waals surface area contributed by atoms with Gasteiger partial charge in [-0.3, -0.25) is 4.79 Å². The number of hydrogen-bond donors (Lipinski definition) is 0. The van der Waals surface area contributed by atoms with Crippen LogP contribution in [-0.4, -0.2) is 4.57 Å². The molecule has 1 aliphatic rings. The van der Waals surface area contributed by atoms with E-state index in [4.69, 9.17) is 0 Å². The molecular formula is C18H21NOS. The molecule has 21 heavy (non-hydrogen) atoms. The fourth-order valence-corrected chi connectivity index (χ4v) is 4.36. The van der Waals surface area contributed by atoms with E-state index in [1.54, 1.807) is 11.8 Å². The van der Waals surface area contributed by atoms with E-state index in [2.05, 4.69) is 46.1 Å². The Balaban J connectivity index is 2.75. The molecule has 1 aromatic carbocycles. The Bertz CT molecular complexity index is 900. The molecule has 2 heterocycles. The van der Waals surface area contributed by atoms with Crippen LogP contribution in [0.3, 0.4) is 0 Å². The van der Waals surface area contributed by atoms with Gasteiger partial charge in [-0.1, -0.05) is 11.8 Å². The molecule has 0 bridgehead atoms. The normalized spacial score (nSPS) is 14.2. The number of nitrogens with zero attached hydrogens (tertiary/aromatic N) is 1. The Kier molecular flexibility index (Phi) is 3.10. The Labute approximate surface area is 129 Å². The van der Waals surface area contributed by atoms with Crippen LogP contribution in [0.5, 0.6) is 0 Å². The number of aromatic nitrogens is 1. The minimum Gasteiger partial charge on any atom is -0.315 e. The summed E-state index contributed by atoms with van der Waals surface area (Å²) in [5.41, 5.74) is 8.12. The molecule has 0 N–H and O–H groups in total. The Morgan fingerprint density at radius 3 is 2.05 bits per heavy atom. The minimum absolute atomic E-state index is 0.188. The van der Waals surface area contributed by atoms with E-state index in [9.17, 15) is 4.79 Å². The zero-order chi connectivity index (χ0) is 15.6. The predicted molar refractivity (Wildman–Crippen MR) is 92.3 cm³/mol. The number of allylic oxidation sites excluding steroid dienone is 2. The summed E-state index contributed by atoms with van der Waals surface area (Å²) in [6.07, 6.45) is 0. The molecule has 0 saturated carbocycles. The molecule has 2 nitrogen and oxygen atoms in total. The first-order valence-electron chi connectivity index (χ1n) is 7.28. The van der Waals surface area contributed by atoms with Crippen molar-refractivity contribution in [3.05, 3.63) is 43.1 Å². The summed E-state index contributed by atoms with van der Waals surface area (Å²) in [5, 5.41) is 0.899. The van der Waals surface area contributed by atoms with Gasteiger partial charge < -0.3 is 4.57 Å². The number of rotatable bonds is 0. The van der Waals surface area contributed by atoms with Crippen LogP contribution in [0.4, 0.5) is 0 Å². The van der Waals surface area contributed by atoms with Crippen LogP contribution in [0.2, 0.25) is 0 Å². The van der Waals surface area contributed by atoms with E-state index in [1.165, 1.54) is 26.6 Å². The largest absolute Gasteiger partial charge is 0.315 e. The molecule has 0 spiro atoms. The second kappa shape index (κ2) is 4.51. The fraction of sp³-hybridized carbons (Fsp3) is 0.389. The van der Waals surface area contributed by atoms with Gasteiger partial charge >= 0.3 is 0 Å². The molecule has 0 amide bonds. The van der Waals surface area contributed by atoms with Crippen molar-refractivity contribution in [2.24, 2.45) is 0 Å². The van der Waals surface area contributed by atoms with E-state index in [-0.39, 0.29) is 5.43 Å². The third kappa shape index (κ3) is 1.70. The lowest BCUT2D eigenvalue weighted by molar-refractivity contribution is 0.982. The van der Waals surface area contributed by atoms with Crippen molar-refractivity contribution in [1.29, 1.82) is 0 Å². The highest BCUT2D eigenvalue weighted by Gasteiger charge is 2.25. The average Bonchev–Trinajstić information content (AvgIpc) is 2.45. The van der Waals surface area contributed by atoms with E-state index in [0.29, 0.717) is 0 Å². The van der Waals surface area contributed by atoms with Gasteiger partial charge in [0, 0.05) is 26.8 Å². The molecule has 110 valence electrons. The molecule has 2 aromatic rings. The van der Waals surface area contributed by atoms with Gasteiger partial charge in [-0.2, -0.15) is 0 Å². The monoisotopic (exact) mass is 299 g/mol. The van der Waals surface area contributed by atoms with Crippen molar-refractivity contribution in [2.75, 3.05) is 0 Å². The van der Waals surface area contributed by atoms with Gasteiger partial charge in [0.25, 0.3) is 0 Å². The highest BCUT2D eigenvalue weighted by atomic mass is 32.2. The van der Waals surface area contributed by atoms with Crippen molar-refractivity contribution in [3.8, 4) is 0 Å². The summed E-state index contributed by atoms with van der Waals surface area (Å²) in [5.74, 6) is 0. The molecule has 3 heteroatoms. The Morgan fingerprint density at radius 2 is 1.43 bits per heavy atom. The SMILES string of the molecule is CC1=C(C)n2c(C)c(C)c(=O)c3c(C)c(C)c(C)c(c32)S1. The van der Waals surface area contributed by atoms with Crippen LogP contribution in [0.1, 0.15) is 41.8 Å². The maximum Gasteiger partial charge on any atom is 0.192 e. The summed E-state index contributed by atoms with van der Waals surface area (Å²) in [6, 6.07) is 0. The topological polar surface area (TPSA) is 22.0 Å². The molecule has 0 aliphatic carbocycles. The van der Waals surface area contributed by atoms with Gasteiger partial charge in [0.1, 0.15) is 0 Å². The van der Waals surface area contributed by atoms with Gasteiger partial charge in [0.05, 0.1) is 10.9 Å². The first-order chi connectivity index (χ1) is 9.77. The number of thioether (sulfide) groups is 1. The molecule has 0 unspecified atom stereocenters. The minimum atomic E-state index is 0.188. The molecule has 1 aliphatic heterocycles. The van der Waals surface area contributed by atoms with E-state index >= 15 is 0 Å². The van der Waals surface area contributed by atoms with Crippen molar-refractivity contribution in [3.63, 3.8) is 0 Å². The molecule has 3 rings (SSSR count). The van der Waals surface area contributed by atoms with E-state index < -0.39 is 0 Å². The average molecular weight is 299 g/mol. The van der Waals surface area contributed by atoms with Crippen molar-refractivity contribution in [2.45, 2.75) is 53.4 Å². The lowest BCUT2D eigenvalue weighted by atomic mass is 9.96. The molecule has 0 atom stereocenters. The van der Waals surface area contributed by atoms with Crippen molar-refractivity contribution >= 4 is 28.4 Å². The molecule has 0 fully saturated rings. The standard InChI is InChI=1S/C18H21NOS/c1-8-9(2)15-16-18(10(8)3)21-14(7)13(6)19(16)12(5)11(4)17(15)20/h1-7H3. The summed E-state index contributed by atoms with van der Waals surface area (Å²) in [7, 11) is 0.